The number of nitrogens with one attached hydrogen (secondary N) is 1. The van der Waals surface area contributed by atoms with Gasteiger partial charge in [0.15, 0.2) is 0 Å². The number of pyridine rings is 2. The van der Waals surface area contributed by atoms with Crippen molar-refractivity contribution >= 4 is 11.4 Å². The van der Waals surface area contributed by atoms with Crippen LogP contribution in [0.5, 0.6) is 0 Å². The largest absolute Gasteiger partial charge is 0.351 e. The maximum absolute atomic E-state index is 14.1. The summed E-state index contributed by atoms with van der Waals surface area (Å²) in [5.41, 5.74) is 6.82. The van der Waals surface area contributed by atoms with Gasteiger partial charge in [-0.15, -0.1) is 0 Å². The molecule has 0 radical (unpaired) electrons. The highest BCUT2D eigenvalue weighted by molar-refractivity contribution is 6.15. The molecule has 0 unspecified atom stereocenters. The molecule has 2 aromatic heterocycles. The second-order valence-electron chi connectivity index (χ2n) is 8.48. The van der Waals surface area contributed by atoms with Crippen LogP contribution < -0.4 is 5.32 Å². The molecule has 0 amide bonds. The van der Waals surface area contributed by atoms with Crippen molar-refractivity contribution in [3.05, 3.63) is 89.9 Å². The number of aliphatic imine (C=N–C) groups is 1. The lowest BCUT2D eigenvalue weighted by atomic mass is 9.96. The topological polar surface area (TPSA) is 53.4 Å². The smallest absolute Gasteiger partial charge is 0.149 e. The van der Waals surface area contributed by atoms with Crippen molar-refractivity contribution in [1.29, 1.82) is 0 Å². The Balaban J connectivity index is 1.59. The fourth-order valence-electron chi connectivity index (χ4n) is 4.27. The first kappa shape index (κ1) is 22.8. The summed E-state index contributed by atoms with van der Waals surface area (Å²) in [6.07, 6.45) is 10.6. The zero-order valence-corrected chi connectivity index (χ0v) is 19.3. The molecule has 0 saturated carbocycles. The Morgan fingerprint density at radius 2 is 1.88 bits per heavy atom. The number of allylic oxidation sites excluding steroid dienone is 1. The predicted octanol–water partition coefficient (Wildman–Crippen LogP) is 5.62. The molecule has 0 aliphatic carbocycles. The van der Waals surface area contributed by atoms with Crippen LogP contribution in [0.2, 0.25) is 0 Å². The molecule has 3 heterocycles. The minimum atomic E-state index is -0.385. The summed E-state index contributed by atoms with van der Waals surface area (Å²) < 4.78 is 14.1. The maximum atomic E-state index is 14.1. The van der Waals surface area contributed by atoms with Crippen LogP contribution >= 0.6 is 0 Å². The van der Waals surface area contributed by atoms with Crippen LogP contribution in [0.4, 0.5) is 10.1 Å². The van der Waals surface area contributed by atoms with E-state index in [2.05, 4.69) is 56.0 Å². The number of piperidine rings is 1. The van der Waals surface area contributed by atoms with Crippen molar-refractivity contribution in [2.24, 2.45) is 4.99 Å². The van der Waals surface area contributed by atoms with Crippen LogP contribution in [0.3, 0.4) is 0 Å². The van der Waals surface area contributed by atoms with Crippen molar-refractivity contribution in [1.82, 2.24) is 14.9 Å². The number of anilines is 1. The van der Waals surface area contributed by atoms with Crippen molar-refractivity contribution in [2.45, 2.75) is 32.7 Å². The fraction of sp³-hybridized carbons (Fsp3) is 0.296. The van der Waals surface area contributed by atoms with Crippen LogP contribution in [0.25, 0.3) is 11.1 Å². The van der Waals surface area contributed by atoms with Crippen LogP contribution in [-0.2, 0) is 6.54 Å². The van der Waals surface area contributed by atoms with Crippen molar-refractivity contribution < 1.29 is 4.39 Å². The predicted molar refractivity (Wildman–Crippen MR) is 133 cm³/mol. The molecule has 1 aromatic carbocycles. The molecule has 1 aliphatic rings. The van der Waals surface area contributed by atoms with E-state index in [1.807, 2.05) is 19.3 Å². The first-order valence-electron chi connectivity index (χ1n) is 11.4. The van der Waals surface area contributed by atoms with Gasteiger partial charge in [-0.05, 0) is 67.7 Å². The third kappa shape index (κ3) is 5.52. The monoisotopic (exact) mass is 443 g/mol. The number of hydrogen-bond acceptors (Lipinski definition) is 5. The number of likely N-dealkylation sites (tertiary alicyclic amines) is 1. The standard InChI is InChI=1S/C27H30FN5/c1-19-7-8-22(23-13-21(15-31-16-23)18-33-11-5-4-6-12-33)14-24(19)27(29-3)20(2)32-26-17-30-10-9-25(26)28/h7-10,13-17,32H,2,4-6,11-12,18H2,1,3H3. The average Bonchev–Trinajstić information content (AvgIpc) is 2.83. The molecule has 1 N–H and O–H groups in total. The molecule has 1 aliphatic heterocycles. The van der Waals surface area contributed by atoms with E-state index in [4.69, 9.17) is 0 Å². The van der Waals surface area contributed by atoms with E-state index >= 15 is 0 Å². The molecule has 3 aromatic rings. The van der Waals surface area contributed by atoms with Crippen LogP contribution in [-0.4, -0.2) is 40.7 Å². The van der Waals surface area contributed by atoms with Gasteiger partial charge in [0.25, 0.3) is 0 Å². The molecule has 6 heteroatoms. The van der Waals surface area contributed by atoms with Crippen molar-refractivity contribution in [2.75, 3.05) is 25.5 Å². The third-order valence-corrected chi connectivity index (χ3v) is 6.04. The molecular formula is C27H30FN5. The van der Waals surface area contributed by atoms with E-state index in [1.54, 1.807) is 7.05 Å². The lowest BCUT2D eigenvalue weighted by Crippen LogP contribution is -2.29. The number of benzene rings is 1. The Labute approximate surface area is 195 Å². The number of aromatic nitrogens is 2. The summed E-state index contributed by atoms with van der Waals surface area (Å²) in [5.74, 6) is -0.385. The highest BCUT2D eigenvalue weighted by Crippen LogP contribution is 2.26. The number of rotatable bonds is 7. The van der Waals surface area contributed by atoms with E-state index in [9.17, 15) is 4.39 Å². The Bertz CT molecular complexity index is 1160. The molecule has 1 saturated heterocycles. The Kier molecular flexibility index (Phi) is 7.25. The summed E-state index contributed by atoms with van der Waals surface area (Å²) in [7, 11) is 1.72. The second kappa shape index (κ2) is 10.5. The van der Waals surface area contributed by atoms with Crippen LogP contribution in [0.15, 0.2) is 72.4 Å². The number of hydrogen-bond donors (Lipinski definition) is 1. The number of nitrogens with zero attached hydrogens (tertiary/aromatic N) is 4. The quantitative estimate of drug-likeness (QED) is 0.482. The highest BCUT2D eigenvalue weighted by Gasteiger charge is 2.15. The van der Waals surface area contributed by atoms with Gasteiger partial charge >= 0.3 is 0 Å². The molecule has 0 spiro atoms. The van der Waals surface area contributed by atoms with Crippen LogP contribution in [0.1, 0.15) is 36.0 Å². The third-order valence-electron chi connectivity index (χ3n) is 6.04. The lowest BCUT2D eigenvalue weighted by molar-refractivity contribution is 0.220. The van der Waals surface area contributed by atoms with E-state index in [0.29, 0.717) is 11.4 Å². The Hall–Kier alpha value is -3.38. The van der Waals surface area contributed by atoms with Crippen LogP contribution in [0, 0.1) is 12.7 Å². The molecule has 0 bridgehead atoms. The molecule has 33 heavy (non-hydrogen) atoms. The summed E-state index contributed by atoms with van der Waals surface area (Å²) >= 11 is 0. The molecule has 4 rings (SSSR count). The van der Waals surface area contributed by atoms with Gasteiger partial charge < -0.3 is 5.32 Å². The van der Waals surface area contributed by atoms with Gasteiger partial charge in [-0.1, -0.05) is 25.1 Å². The van der Waals surface area contributed by atoms with Crippen molar-refractivity contribution in [3.63, 3.8) is 0 Å². The Morgan fingerprint density at radius 3 is 2.64 bits per heavy atom. The van der Waals surface area contributed by atoms with Gasteiger partial charge in [-0.25, -0.2) is 4.39 Å². The second-order valence-corrected chi connectivity index (χ2v) is 8.48. The first-order chi connectivity index (χ1) is 16.0. The lowest BCUT2D eigenvalue weighted by Gasteiger charge is -2.26. The summed E-state index contributed by atoms with van der Waals surface area (Å²) in [5, 5.41) is 3.02. The molecular weight excluding hydrogens is 413 g/mol. The highest BCUT2D eigenvalue weighted by atomic mass is 19.1. The average molecular weight is 444 g/mol. The first-order valence-corrected chi connectivity index (χ1v) is 11.4. The zero-order valence-electron chi connectivity index (χ0n) is 19.3. The van der Waals surface area contributed by atoms with E-state index in [1.165, 1.54) is 43.3 Å². The van der Waals surface area contributed by atoms with Gasteiger partial charge in [0.05, 0.1) is 23.3 Å². The van der Waals surface area contributed by atoms with Crippen molar-refractivity contribution in [3.8, 4) is 11.1 Å². The molecule has 5 nitrogen and oxygen atoms in total. The van der Waals surface area contributed by atoms with Gasteiger partial charge in [0, 0.05) is 43.3 Å². The SMILES string of the molecule is C=C(Nc1cnccc1F)C(=NC)c1cc(-c2cncc(CN3CCCCC3)c2)ccc1C. The number of halogens is 1. The minimum absolute atomic E-state index is 0.270. The maximum Gasteiger partial charge on any atom is 0.149 e. The van der Waals surface area contributed by atoms with Gasteiger partial charge in [0.1, 0.15) is 5.82 Å². The molecule has 0 atom stereocenters. The Morgan fingerprint density at radius 1 is 1.06 bits per heavy atom. The van der Waals surface area contributed by atoms with Gasteiger partial charge in [-0.3, -0.25) is 19.9 Å². The molecule has 1 fully saturated rings. The van der Waals surface area contributed by atoms with E-state index < -0.39 is 0 Å². The van der Waals surface area contributed by atoms with Gasteiger partial charge in [0.2, 0.25) is 0 Å². The van der Waals surface area contributed by atoms with E-state index in [-0.39, 0.29) is 11.5 Å². The minimum Gasteiger partial charge on any atom is -0.351 e. The van der Waals surface area contributed by atoms with E-state index in [0.717, 1.165) is 41.9 Å². The molecule has 170 valence electrons. The number of aryl methyl sites for hydroxylation is 1. The zero-order chi connectivity index (χ0) is 23.2. The normalized spacial score (nSPS) is 14.8. The fourth-order valence-corrected chi connectivity index (χ4v) is 4.27. The summed E-state index contributed by atoms with van der Waals surface area (Å²) in [6, 6.07) is 9.81. The summed E-state index contributed by atoms with van der Waals surface area (Å²) in [4.78, 5) is 15.5. The van der Waals surface area contributed by atoms with Gasteiger partial charge in [-0.2, -0.15) is 0 Å². The summed E-state index contributed by atoms with van der Waals surface area (Å²) in [6.45, 7) is 9.38.